The van der Waals surface area contributed by atoms with Crippen molar-refractivity contribution in [2.45, 2.75) is 19.8 Å². The summed E-state index contributed by atoms with van der Waals surface area (Å²) in [5.74, 6) is -0.723. The molecule has 0 aromatic heterocycles. The molecule has 0 aliphatic rings. The number of hydrogen-bond acceptors (Lipinski definition) is 5. The average Bonchev–Trinajstić information content (AvgIpc) is 2.44. The number of para-hydroxylation sites is 2. The molecule has 2 atom stereocenters. The topological polar surface area (TPSA) is 116 Å². The zero-order valence-corrected chi connectivity index (χ0v) is 11.9. The van der Waals surface area contributed by atoms with E-state index in [4.69, 9.17) is 15.6 Å². The molecule has 0 fully saturated rings. The maximum absolute atomic E-state index is 10.9. The van der Waals surface area contributed by atoms with Crippen molar-refractivity contribution in [2.75, 3.05) is 13.2 Å². The number of nitro groups is 1. The van der Waals surface area contributed by atoms with Gasteiger partial charge in [-0.05, 0) is 30.9 Å². The molecule has 0 bridgehead atoms. The summed E-state index contributed by atoms with van der Waals surface area (Å²) in [6.45, 7) is 2.47. The van der Waals surface area contributed by atoms with Crippen molar-refractivity contribution < 1.29 is 19.6 Å². The van der Waals surface area contributed by atoms with Crippen LogP contribution in [0.4, 0.5) is 5.69 Å². The third-order valence-electron chi connectivity index (χ3n) is 3.12. The van der Waals surface area contributed by atoms with Gasteiger partial charge in [0.25, 0.3) is 0 Å². The number of benzene rings is 1. The molecule has 0 saturated carbocycles. The molecule has 0 unspecified atom stereocenters. The van der Waals surface area contributed by atoms with Crippen LogP contribution < -0.4 is 10.5 Å². The van der Waals surface area contributed by atoms with Crippen molar-refractivity contribution in [2.24, 2.45) is 17.6 Å². The third-order valence-corrected chi connectivity index (χ3v) is 3.12. The van der Waals surface area contributed by atoms with Crippen molar-refractivity contribution in [3.05, 3.63) is 34.4 Å². The zero-order chi connectivity index (χ0) is 15.8. The van der Waals surface area contributed by atoms with Crippen molar-refractivity contribution in [1.82, 2.24) is 0 Å². The fourth-order valence-electron chi connectivity index (χ4n) is 2.11. The summed E-state index contributed by atoms with van der Waals surface area (Å²) in [6.07, 6.45) is 0.621. The van der Waals surface area contributed by atoms with Crippen molar-refractivity contribution in [3.8, 4) is 5.75 Å². The van der Waals surface area contributed by atoms with Gasteiger partial charge in [-0.15, -0.1) is 0 Å². The lowest BCUT2D eigenvalue weighted by Gasteiger charge is -2.18. The van der Waals surface area contributed by atoms with Gasteiger partial charge in [-0.25, -0.2) is 0 Å². The van der Waals surface area contributed by atoms with E-state index in [1.807, 2.05) is 6.92 Å². The molecule has 116 valence electrons. The minimum atomic E-state index is -0.878. The lowest BCUT2D eigenvalue weighted by molar-refractivity contribution is -0.385. The lowest BCUT2D eigenvalue weighted by atomic mass is 9.93. The third kappa shape index (κ3) is 5.78. The van der Waals surface area contributed by atoms with Crippen molar-refractivity contribution in [1.29, 1.82) is 0 Å². The average molecular weight is 296 g/mol. The van der Waals surface area contributed by atoms with Crippen LogP contribution in [0.5, 0.6) is 5.75 Å². The van der Waals surface area contributed by atoms with Gasteiger partial charge in [0.15, 0.2) is 5.75 Å². The molecule has 0 spiro atoms. The molecule has 0 heterocycles. The predicted molar refractivity (Wildman–Crippen MR) is 77.2 cm³/mol. The second kappa shape index (κ2) is 8.21. The van der Waals surface area contributed by atoms with Crippen LogP contribution in [-0.2, 0) is 4.79 Å². The SMILES string of the molecule is C[C@H](COc1ccccc1[N+](=O)[O-])C[C@H](CN)CC(=O)O. The van der Waals surface area contributed by atoms with Crippen LogP contribution in [0, 0.1) is 22.0 Å². The van der Waals surface area contributed by atoms with Crippen LogP contribution in [0.1, 0.15) is 19.8 Å². The number of nitrogens with two attached hydrogens (primary N) is 1. The number of carboxylic acids is 1. The molecule has 1 rings (SSSR count). The standard InChI is InChI=1S/C14H20N2O5/c1-10(6-11(8-15)7-14(17)18)9-21-13-5-3-2-4-12(13)16(19)20/h2-5,10-11H,6-9,15H2,1H3,(H,17,18)/t10-,11-/m0/s1. The molecule has 3 N–H and O–H groups in total. The van der Waals surface area contributed by atoms with Crippen LogP contribution >= 0.6 is 0 Å². The van der Waals surface area contributed by atoms with Crippen molar-refractivity contribution in [3.63, 3.8) is 0 Å². The number of nitrogens with zero attached hydrogens (tertiary/aromatic N) is 1. The second-order valence-electron chi connectivity index (χ2n) is 5.08. The largest absolute Gasteiger partial charge is 0.487 e. The van der Waals surface area contributed by atoms with E-state index in [1.54, 1.807) is 18.2 Å². The Balaban J connectivity index is 2.55. The van der Waals surface area contributed by atoms with Gasteiger partial charge in [0.1, 0.15) is 0 Å². The Bertz CT molecular complexity index is 492. The molecule has 21 heavy (non-hydrogen) atoms. The van der Waals surface area contributed by atoms with E-state index in [0.717, 1.165) is 0 Å². The molecular weight excluding hydrogens is 276 g/mol. The molecule has 0 aliphatic heterocycles. The first kappa shape index (κ1) is 16.9. The highest BCUT2D eigenvalue weighted by Crippen LogP contribution is 2.27. The van der Waals surface area contributed by atoms with E-state index in [2.05, 4.69) is 0 Å². The first-order chi connectivity index (χ1) is 9.93. The molecule has 1 aromatic carbocycles. The summed E-state index contributed by atoms with van der Waals surface area (Å²) < 4.78 is 5.48. The fourth-order valence-corrected chi connectivity index (χ4v) is 2.11. The predicted octanol–water partition coefficient (Wildman–Crippen LogP) is 2.05. The maximum Gasteiger partial charge on any atom is 0.310 e. The Labute approximate surface area is 122 Å². The molecular formula is C14H20N2O5. The van der Waals surface area contributed by atoms with Gasteiger partial charge in [-0.3, -0.25) is 14.9 Å². The highest BCUT2D eigenvalue weighted by Gasteiger charge is 2.18. The number of hydrogen-bond donors (Lipinski definition) is 2. The number of ether oxygens (including phenoxy) is 1. The summed E-state index contributed by atoms with van der Waals surface area (Å²) in [7, 11) is 0. The number of nitro benzene ring substituents is 1. The lowest BCUT2D eigenvalue weighted by Crippen LogP contribution is -2.22. The Morgan fingerprint density at radius 3 is 2.71 bits per heavy atom. The molecule has 0 radical (unpaired) electrons. The molecule has 0 saturated heterocycles. The minimum Gasteiger partial charge on any atom is -0.487 e. The zero-order valence-electron chi connectivity index (χ0n) is 11.9. The molecule has 1 aromatic rings. The Morgan fingerprint density at radius 2 is 2.14 bits per heavy atom. The van der Waals surface area contributed by atoms with Gasteiger partial charge in [0, 0.05) is 12.5 Å². The van der Waals surface area contributed by atoms with Gasteiger partial charge in [-0.2, -0.15) is 0 Å². The van der Waals surface area contributed by atoms with E-state index in [0.29, 0.717) is 13.0 Å². The maximum atomic E-state index is 10.9. The van der Waals surface area contributed by atoms with E-state index in [9.17, 15) is 14.9 Å². The number of rotatable bonds is 9. The van der Waals surface area contributed by atoms with Gasteiger partial charge < -0.3 is 15.6 Å². The first-order valence-electron chi connectivity index (χ1n) is 6.72. The Hall–Kier alpha value is -2.15. The van der Waals surface area contributed by atoms with E-state index in [-0.39, 0.29) is 36.3 Å². The van der Waals surface area contributed by atoms with Gasteiger partial charge in [0.05, 0.1) is 11.5 Å². The van der Waals surface area contributed by atoms with Crippen LogP contribution in [-0.4, -0.2) is 29.2 Å². The van der Waals surface area contributed by atoms with Crippen LogP contribution in [0.2, 0.25) is 0 Å². The van der Waals surface area contributed by atoms with Gasteiger partial charge in [-0.1, -0.05) is 19.1 Å². The fraction of sp³-hybridized carbons (Fsp3) is 0.500. The molecule has 7 heteroatoms. The highest BCUT2D eigenvalue weighted by atomic mass is 16.6. The van der Waals surface area contributed by atoms with Gasteiger partial charge >= 0.3 is 11.7 Å². The first-order valence-corrected chi connectivity index (χ1v) is 6.72. The Kier molecular flexibility index (Phi) is 6.61. The quantitative estimate of drug-likeness (QED) is 0.532. The molecule has 7 nitrogen and oxygen atoms in total. The van der Waals surface area contributed by atoms with E-state index >= 15 is 0 Å². The van der Waals surface area contributed by atoms with Crippen molar-refractivity contribution >= 4 is 11.7 Å². The minimum absolute atomic E-state index is 0.0202. The second-order valence-corrected chi connectivity index (χ2v) is 5.08. The summed E-state index contributed by atoms with van der Waals surface area (Å²) in [6, 6.07) is 6.17. The summed E-state index contributed by atoms with van der Waals surface area (Å²) >= 11 is 0. The smallest absolute Gasteiger partial charge is 0.310 e. The molecule has 0 amide bonds. The normalized spacial score (nSPS) is 13.4. The summed E-state index contributed by atoms with van der Waals surface area (Å²) in [5.41, 5.74) is 5.47. The Morgan fingerprint density at radius 1 is 1.48 bits per heavy atom. The van der Waals surface area contributed by atoms with E-state index < -0.39 is 10.9 Å². The van der Waals surface area contributed by atoms with Crippen LogP contribution in [0.15, 0.2) is 24.3 Å². The van der Waals surface area contributed by atoms with Crippen LogP contribution in [0.25, 0.3) is 0 Å². The summed E-state index contributed by atoms with van der Waals surface area (Å²) in [5, 5.41) is 19.6. The number of aliphatic carboxylic acids is 1. The van der Waals surface area contributed by atoms with Gasteiger partial charge in [0.2, 0.25) is 0 Å². The summed E-state index contributed by atoms with van der Waals surface area (Å²) in [4.78, 5) is 21.0. The number of carbonyl (C=O) groups is 1. The highest BCUT2D eigenvalue weighted by molar-refractivity contribution is 5.67. The van der Waals surface area contributed by atoms with Crippen LogP contribution in [0.3, 0.4) is 0 Å². The number of carboxylic acid groups (broad SMARTS) is 1. The monoisotopic (exact) mass is 296 g/mol. The van der Waals surface area contributed by atoms with E-state index in [1.165, 1.54) is 6.07 Å². The molecule has 0 aliphatic carbocycles.